The Kier molecular flexibility index (Phi) is 5.73. The molecule has 1 unspecified atom stereocenters. The third kappa shape index (κ3) is 4.23. The van der Waals surface area contributed by atoms with Crippen molar-refractivity contribution in [3.05, 3.63) is 28.2 Å². The Morgan fingerprint density at radius 1 is 1.33 bits per heavy atom. The van der Waals surface area contributed by atoms with E-state index in [0.717, 1.165) is 19.4 Å². The van der Waals surface area contributed by atoms with E-state index in [-0.39, 0.29) is 15.7 Å². The maximum Gasteiger partial charge on any atom is 0.301 e. The average molecular weight is 352 g/mol. The molecule has 118 valence electrons. The second kappa shape index (κ2) is 7.15. The van der Waals surface area contributed by atoms with Gasteiger partial charge in [0.25, 0.3) is 0 Å². The van der Waals surface area contributed by atoms with E-state index in [1.165, 1.54) is 4.31 Å². The number of benzene rings is 1. The fraction of sp³-hybridized carbons (Fsp3) is 0.538. The summed E-state index contributed by atoms with van der Waals surface area (Å²) in [5.41, 5.74) is 0.233. The van der Waals surface area contributed by atoms with Gasteiger partial charge in [0.2, 0.25) is 0 Å². The number of anilines is 1. The molecule has 1 aromatic rings. The molecule has 0 saturated carbocycles. The van der Waals surface area contributed by atoms with Gasteiger partial charge in [-0.2, -0.15) is 12.7 Å². The molecule has 2 rings (SSSR count). The van der Waals surface area contributed by atoms with Crippen molar-refractivity contribution in [2.45, 2.75) is 12.8 Å². The van der Waals surface area contributed by atoms with E-state index in [4.69, 9.17) is 23.2 Å². The quantitative estimate of drug-likeness (QED) is 0.856. The number of hydrogen-bond donors (Lipinski definition) is 2. The third-order valence-electron chi connectivity index (χ3n) is 3.51. The van der Waals surface area contributed by atoms with Crippen LogP contribution in [0.1, 0.15) is 12.8 Å². The predicted molar refractivity (Wildman–Crippen MR) is 87.2 cm³/mol. The smallest absolute Gasteiger partial charge is 0.301 e. The number of halogens is 2. The zero-order valence-electron chi connectivity index (χ0n) is 11.8. The first-order valence-corrected chi connectivity index (χ1v) is 9.00. The number of hydrogen-bond acceptors (Lipinski definition) is 3. The summed E-state index contributed by atoms with van der Waals surface area (Å²) in [6.45, 7) is 1.81. The molecule has 0 radical (unpaired) electrons. The summed E-state index contributed by atoms with van der Waals surface area (Å²) in [4.78, 5) is 0. The Balaban J connectivity index is 2.14. The molecule has 0 aliphatic carbocycles. The highest BCUT2D eigenvalue weighted by atomic mass is 35.5. The van der Waals surface area contributed by atoms with Crippen molar-refractivity contribution in [1.82, 2.24) is 9.62 Å². The summed E-state index contributed by atoms with van der Waals surface area (Å²) >= 11 is 12.0. The van der Waals surface area contributed by atoms with Crippen LogP contribution in [0.5, 0.6) is 0 Å². The molecular formula is C13H19Cl2N3O2S. The predicted octanol–water partition coefficient (Wildman–Crippen LogP) is 2.58. The summed E-state index contributed by atoms with van der Waals surface area (Å²) in [5, 5.41) is 3.67. The number of nitrogens with zero attached hydrogens (tertiary/aromatic N) is 1. The Hall–Kier alpha value is -0.530. The highest BCUT2D eigenvalue weighted by Crippen LogP contribution is 2.31. The molecule has 8 heteroatoms. The lowest BCUT2D eigenvalue weighted by Crippen LogP contribution is -2.44. The van der Waals surface area contributed by atoms with E-state index in [1.807, 2.05) is 7.05 Å². The summed E-state index contributed by atoms with van der Waals surface area (Å²) in [5.74, 6) is 0.321. The molecule has 1 aromatic carbocycles. The molecule has 5 nitrogen and oxygen atoms in total. The van der Waals surface area contributed by atoms with Crippen LogP contribution in [0.25, 0.3) is 0 Å². The second-order valence-electron chi connectivity index (χ2n) is 5.13. The molecule has 2 N–H and O–H groups in total. The lowest BCUT2D eigenvalue weighted by atomic mass is 10.00. The standard InChI is InChI=1S/C13H19Cl2N3O2S/c1-16-8-10-4-3-7-18(9-10)21(19,20)17-13-11(14)5-2-6-12(13)15/h2,5-6,10,16-17H,3-4,7-9H2,1H3. The largest absolute Gasteiger partial charge is 0.319 e. The molecule has 1 heterocycles. The molecule has 1 saturated heterocycles. The van der Waals surface area contributed by atoms with Crippen molar-refractivity contribution in [1.29, 1.82) is 0 Å². The van der Waals surface area contributed by atoms with Gasteiger partial charge in [-0.25, -0.2) is 0 Å². The first kappa shape index (κ1) is 16.8. The van der Waals surface area contributed by atoms with Crippen LogP contribution in [-0.4, -0.2) is 39.4 Å². The van der Waals surface area contributed by atoms with Crippen LogP contribution in [0.3, 0.4) is 0 Å². The van der Waals surface area contributed by atoms with Gasteiger partial charge in [-0.05, 0) is 44.5 Å². The minimum absolute atomic E-state index is 0.233. The lowest BCUT2D eigenvalue weighted by molar-refractivity contribution is 0.264. The topological polar surface area (TPSA) is 61.4 Å². The van der Waals surface area contributed by atoms with Gasteiger partial charge in [-0.1, -0.05) is 29.3 Å². The van der Waals surface area contributed by atoms with E-state index in [2.05, 4.69) is 10.0 Å². The Bertz CT molecular complexity index is 573. The zero-order chi connectivity index (χ0) is 15.5. The molecule has 0 aromatic heterocycles. The van der Waals surface area contributed by atoms with Gasteiger partial charge in [-0.15, -0.1) is 0 Å². The normalized spacial score (nSPS) is 20.4. The fourth-order valence-corrected chi connectivity index (χ4v) is 4.48. The van der Waals surface area contributed by atoms with Crippen LogP contribution in [0.4, 0.5) is 5.69 Å². The van der Waals surface area contributed by atoms with E-state index in [9.17, 15) is 8.42 Å². The molecule has 0 spiro atoms. The van der Waals surface area contributed by atoms with Crippen LogP contribution in [0.15, 0.2) is 18.2 Å². The monoisotopic (exact) mass is 351 g/mol. The third-order valence-corrected chi connectivity index (χ3v) is 5.61. The number of para-hydroxylation sites is 1. The fourth-order valence-electron chi connectivity index (χ4n) is 2.49. The van der Waals surface area contributed by atoms with Gasteiger partial charge in [0.05, 0.1) is 15.7 Å². The van der Waals surface area contributed by atoms with Crippen molar-refractivity contribution >= 4 is 39.1 Å². The summed E-state index contributed by atoms with van der Waals surface area (Å²) in [6.07, 6.45) is 1.88. The second-order valence-corrected chi connectivity index (χ2v) is 7.61. The minimum atomic E-state index is -3.65. The Labute approximate surface area is 135 Å². The van der Waals surface area contributed by atoms with Gasteiger partial charge in [-0.3, -0.25) is 4.72 Å². The molecule has 1 aliphatic rings. The van der Waals surface area contributed by atoms with Crippen LogP contribution in [-0.2, 0) is 10.2 Å². The van der Waals surface area contributed by atoms with Crippen LogP contribution < -0.4 is 10.0 Å². The van der Waals surface area contributed by atoms with Gasteiger partial charge in [0, 0.05) is 13.1 Å². The van der Waals surface area contributed by atoms with Crippen molar-refractivity contribution < 1.29 is 8.42 Å². The van der Waals surface area contributed by atoms with E-state index in [1.54, 1.807) is 18.2 Å². The van der Waals surface area contributed by atoms with E-state index >= 15 is 0 Å². The molecular weight excluding hydrogens is 333 g/mol. The van der Waals surface area contributed by atoms with Gasteiger partial charge in [0.15, 0.2) is 0 Å². The van der Waals surface area contributed by atoms with Crippen LogP contribution >= 0.6 is 23.2 Å². The van der Waals surface area contributed by atoms with E-state index < -0.39 is 10.2 Å². The molecule has 0 bridgehead atoms. The minimum Gasteiger partial charge on any atom is -0.319 e. The van der Waals surface area contributed by atoms with Crippen molar-refractivity contribution in [2.75, 3.05) is 31.4 Å². The summed E-state index contributed by atoms with van der Waals surface area (Å²) in [6, 6.07) is 4.88. The first-order chi connectivity index (χ1) is 9.94. The van der Waals surface area contributed by atoms with Crippen LogP contribution in [0.2, 0.25) is 10.0 Å². The van der Waals surface area contributed by atoms with Crippen molar-refractivity contribution in [2.24, 2.45) is 5.92 Å². The van der Waals surface area contributed by atoms with Gasteiger partial charge >= 0.3 is 10.2 Å². The highest BCUT2D eigenvalue weighted by Gasteiger charge is 2.29. The number of nitrogens with one attached hydrogen (secondary N) is 2. The molecule has 0 amide bonds. The average Bonchev–Trinajstić information content (AvgIpc) is 2.44. The molecule has 1 fully saturated rings. The van der Waals surface area contributed by atoms with E-state index in [0.29, 0.717) is 19.0 Å². The maximum atomic E-state index is 12.5. The number of piperidine rings is 1. The molecule has 21 heavy (non-hydrogen) atoms. The summed E-state index contributed by atoms with van der Waals surface area (Å²) in [7, 11) is -1.78. The number of rotatable bonds is 5. The Morgan fingerprint density at radius 3 is 2.62 bits per heavy atom. The SMILES string of the molecule is CNCC1CCCN(S(=O)(=O)Nc2c(Cl)cccc2Cl)C1. The van der Waals surface area contributed by atoms with Crippen LogP contribution in [0, 0.1) is 5.92 Å². The highest BCUT2D eigenvalue weighted by molar-refractivity contribution is 7.90. The van der Waals surface area contributed by atoms with Gasteiger partial charge < -0.3 is 5.32 Å². The van der Waals surface area contributed by atoms with Crippen molar-refractivity contribution in [3.8, 4) is 0 Å². The maximum absolute atomic E-state index is 12.5. The summed E-state index contributed by atoms with van der Waals surface area (Å²) < 4.78 is 28.9. The lowest BCUT2D eigenvalue weighted by Gasteiger charge is -2.32. The van der Waals surface area contributed by atoms with Crippen molar-refractivity contribution in [3.63, 3.8) is 0 Å². The van der Waals surface area contributed by atoms with Gasteiger partial charge in [0.1, 0.15) is 0 Å². The molecule has 1 aliphatic heterocycles. The zero-order valence-corrected chi connectivity index (χ0v) is 14.1. The molecule has 1 atom stereocenters. The Morgan fingerprint density at radius 2 is 2.00 bits per heavy atom. The first-order valence-electron chi connectivity index (χ1n) is 6.80.